The first-order chi connectivity index (χ1) is 12.2. The van der Waals surface area contributed by atoms with E-state index in [0.717, 1.165) is 57.7 Å². The van der Waals surface area contributed by atoms with Crippen molar-refractivity contribution in [3.05, 3.63) is 23.9 Å². The number of anilines is 1. The summed E-state index contributed by atoms with van der Waals surface area (Å²) in [5.41, 5.74) is 0.657. The largest absolute Gasteiger partial charge is 0.396 e. The van der Waals surface area contributed by atoms with E-state index in [0.29, 0.717) is 5.56 Å². The van der Waals surface area contributed by atoms with Crippen LogP contribution in [0.2, 0.25) is 0 Å². The highest BCUT2D eigenvalue weighted by Gasteiger charge is 2.25. The lowest BCUT2D eigenvalue weighted by atomic mass is 9.95. The van der Waals surface area contributed by atoms with Crippen LogP contribution >= 0.6 is 0 Å². The number of aromatic nitrogens is 1. The Morgan fingerprint density at radius 3 is 2.76 bits per heavy atom. The number of nitrogens with zero attached hydrogens (tertiary/aromatic N) is 3. The molecule has 1 aliphatic carbocycles. The molecule has 1 aliphatic heterocycles. The van der Waals surface area contributed by atoms with Crippen LogP contribution in [-0.2, 0) is 0 Å². The fraction of sp³-hybridized carbons (Fsp3) is 0.684. The Kier molecular flexibility index (Phi) is 6.26. The molecule has 2 unspecified atom stereocenters. The smallest absolute Gasteiger partial charge is 0.251 e. The molecule has 2 fully saturated rings. The van der Waals surface area contributed by atoms with Gasteiger partial charge in [0.15, 0.2) is 0 Å². The van der Waals surface area contributed by atoms with E-state index in [1.54, 1.807) is 12.3 Å². The molecule has 2 heterocycles. The number of carbonyl (C=O) groups is 1. The van der Waals surface area contributed by atoms with Crippen molar-refractivity contribution >= 4 is 11.7 Å². The van der Waals surface area contributed by atoms with Crippen LogP contribution < -0.4 is 10.2 Å². The van der Waals surface area contributed by atoms with Crippen molar-refractivity contribution in [2.75, 3.05) is 44.7 Å². The number of aliphatic hydroxyl groups is 1. The molecule has 3 rings (SSSR count). The number of pyridine rings is 1. The summed E-state index contributed by atoms with van der Waals surface area (Å²) in [7, 11) is 2.12. The van der Waals surface area contributed by atoms with Gasteiger partial charge in [0.2, 0.25) is 0 Å². The van der Waals surface area contributed by atoms with Crippen molar-refractivity contribution < 1.29 is 9.90 Å². The van der Waals surface area contributed by atoms with Gasteiger partial charge >= 0.3 is 0 Å². The fourth-order valence-electron chi connectivity index (χ4n) is 3.81. The zero-order chi connectivity index (χ0) is 17.6. The second-order valence-corrected chi connectivity index (χ2v) is 7.35. The third-order valence-electron chi connectivity index (χ3n) is 5.55. The van der Waals surface area contributed by atoms with Gasteiger partial charge in [0, 0.05) is 56.5 Å². The van der Waals surface area contributed by atoms with Crippen LogP contribution in [0.25, 0.3) is 0 Å². The van der Waals surface area contributed by atoms with E-state index in [9.17, 15) is 9.90 Å². The number of amides is 1. The first-order valence-corrected chi connectivity index (χ1v) is 9.48. The lowest BCUT2D eigenvalue weighted by molar-refractivity contribution is 0.0899. The number of aliphatic hydroxyl groups excluding tert-OH is 1. The molecule has 138 valence electrons. The molecule has 6 heteroatoms. The Bertz CT molecular complexity index is 572. The number of hydrogen-bond acceptors (Lipinski definition) is 5. The molecule has 0 spiro atoms. The Hall–Kier alpha value is -1.66. The molecule has 1 aromatic heterocycles. The quantitative estimate of drug-likeness (QED) is 0.809. The molecular weight excluding hydrogens is 316 g/mol. The van der Waals surface area contributed by atoms with Crippen LogP contribution in [0.15, 0.2) is 18.3 Å². The highest BCUT2D eigenvalue weighted by molar-refractivity contribution is 5.95. The Balaban J connectivity index is 1.66. The van der Waals surface area contributed by atoms with Crippen molar-refractivity contribution in [1.29, 1.82) is 0 Å². The van der Waals surface area contributed by atoms with Gasteiger partial charge in [-0.25, -0.2) is 4.98 Å². The van der Waals surface area contributed by atoms with Crippen molar-refractivity contribution in [2.45, 2.75) is 38.1 Å². The zero-order valence-electron chi connectivity index (χ0n) is 15.2. The van der Waals surface area contributed by atoms with E-state index in [2.05, 4.69) is 27.1 Å². The molecule has 0 radical (unpaired) electrons. The van der Waals surface area contributed by atoms with Gasteiger partial charge in [0.25, 0.3) is 5.91 Å². The van der Waals surface area contributed by atoms with E-state index in [4.69, 9.17) is 0 Å². The minimum Gasteiger partial charge on any atom is -0.396 e. The van der Waals surface area contributed by atoms with Gasteiger partial charge in [-0.05, 0) is 32.0 Å². The van der Waals surface area contributed by atoms with Crippen LogP contribution in [-0.4, -0.2) is 66.8 Å². The zero-order valence-corrected chi connectivity index (χ0v) is 15.2. The minimum absolute atomic E-state index is 0.0527. The maximum atomic E-state index is 12.7. The predicted octanol–water partition coefficient (Wildman–Crippen LogP) is 1.50. The maximum absolute atomic E-state index is 12.7. The second-order valence-electron chi connectivity index (χ2n) is 7.35. The minimum atomic E-state index is -0.0527. The molecule has 1 amide bonds. The highest BCUT2D eigenvalue weighted by Crippen LogP contribution is 2.24. The molecule has 1 aromatic rings. The molecule has 0 aromatic carbocycles. The third kappa shape index (κ3) is 4.70. The van der Waals surface area contributed by atoms with Gasteiger partial charge in [-0.1, -0.05) is 19.3 Å². The molecule has 2 aliphatic rings. The number of hydrogen-bond donors (Lipinski definition) is 2. The van der Waals surface area contributed by atoms with Crippen LogP contribution in [0, 0.1) is 5.92 Å². The SMILES string of the molecule is CN1CCN(c2cc(C(=O)NC3CCCCCC3CO)ccn2)CC1. The summed E-state index contributed by atoms with van der Waals surface area (Å²) in [5, 5.41) is 12.8. The van der Waals surface area contributed by atoms with Crippen LogP contribution in [0.3, 0.4) is 0 Å². The first-order valence-electron chi connectivity index (χ1n) is 9.48. The summed E-state index contributed by atoms with van der Waals surface area (Å²) in [6.45, 7) is 4.04. The van der Waals surface area contributed by atoms with Crippen LogP contribution in [0.1, 0.15) is 42.5 Å². The Morgan fingerprint density at radius 2 is 2.00 bits per heavy atom. The molecule has 1 saturated heterocycles. The molecule has 0 bridgehead atoms. The van der Waals surface area contributed by atoms with Gasteiger partial charge < -0.3 is 20.2 Å². The molecule has 2 N–H and O–H groups in total. The number of carbonyl (C=O) groups excluding carboxylic acids is 1. The van der Waals surface area contributed by atoms with Gasteiger partial charge in [0.1, 0.15) is 5.82 Å². The van der Waals surface area contributed by atoms with Crippen molar-refractivity contribution in [3.63, 3.8) is 0 Å². The van der Waals surface area contributed by atoms with Gasteiger partial charge in [-0.15, -0.1) is 0 Å². The van der Waals surface area contributed by atoms with Crippen LogP contribution in [0.5, 0.6) is 0 Å². The second kappa shape index (κ2) is 8.63. The van der Waals surface area contributed by atoms with E-state index < -0.39 is 0 Å². The Morgan fingerprint density at radius 1 is 1.24 bits per heavy atom. The average Bonchev–Trinajstić information content (AvgIpc) is 2.87. The average molecular weight is 346 g/mol. The molecule has 6 nitrogen and oxygen atoms in total. The summed E-state index contributed by atoms with van der Waals surface area (Å²) in [6, 6.07) is 3.74. The predicted molar refractivity (Wildman–Crippen MR) is 98.9 cm³/mol. The van der Waals surface area contributed by atoms with Gasteiger partial charge in [-0.2, -0.15) is 0 Å². The molecule has 25 heavy (non-hydrogen) atoms. The van der Waals surface area contributed by atoms with Crippen molar-refractivity contribution in [2.24, 2.45) is 5.92 Å². The first kappa shape index (κ1) is 18.1. The summed E-state index contributed by atoms with van der Waals surface area (Å²) < 4.78 is 0. The molecule has 2 atom stereocenters. The standard InChI is InChI=1S/C19H30N4O2/c1-22-9-11-23(12-10-22)18-13-15(7-8-20-18)19(25)21-17-6-4-2-3-5-16(17)14-24/h7-8,13,16-17,24H,2-6,9-12,14H2,1H3,(H,21,25). The topological polar surface area (TPSA) is 68.7 Å². The Labute approximate surface area is 150 Å². The number of piperazine rings is 1. The highest BCUT2D eigenvalue weighted by atomic mass is 16.3. The van der Waals surface area contributed by atoms with Crippen LogP contribution in [0.4, 0.5) is 5.82 Å². The lowest BCUT2D eigenvalue weighted by Crippen LogP contribution is -2.45. The fourth-order valence-corrected chi connectivity index (χ4v) is 3.81. The van der Waals surface area contributed by atoms with E-state index in [-0.39, 0.29) is 24.5 Å². The summed E-state index contributed by atoms with van der Waals surface area (Å²) >= 11 is 0. The van der Waals surface area contributed by atoms with E-state index in [1.165, 1.54) is 6.42 Å². The summed E-state index contributed by atoms with van der Waals surface area (Å²) in [6.07, 6.45) is 7.10. The third-order valence-corrected chi connectivity index (χ3v) is 5.55. The number of likely N-dealkylation sites (N-methyl/N-ethyl adjacent to an activating group) is 1. The summed E-state index contributed by atoms with van der Waals surface area (Å²) in [5.74, 6) is 0.994. The monoisotopic (exact) mass is 346 g/mol. The van der Waals surface area contributed by atoms with Crippen molar-refractivity contribution in [1.82, 2.24) is 15.2 Å². The molecule has 1 saturated carbocycles. The molecular formula is C19H30N4O2. The normalized spacial score (nSPS) is 25.4. The van der Waals surface area contributed by atoms with Gasteiger partial charge in [0.05, 0.1) is 0 Å². The number of nitrogens with one attached hydrogen (secondary N) is 1. The maximum Gasteiger partial charge on any atom is 0.251 e. The lowest BCUT2D eigenvalue weighted by Gasteiger charge is -2.33. The van der Waals surface area contributed by atoms with E-state index >= 15 is 0 Å². The number of rotatable bonds is 4. The van der Waals surface area contributed by atoms with Crippen molar-refractivity contribution in [3.8, 4) is 0 Å². The van der Waals surface area contributed by atoms with Gasteiger partial charge in [-0.3, -0.25) is 4.79 Å². The summed E-state index contributed by atoms with van der Waals surface area (Å²) in [4.78, 5) is 21.7. The van der Waals surface area contributed by atoms with E-state index in [1.807, 2.05) is 6.07 Å².